The van der Waals surface area contributed by atoms with Crippen LogP contribution in [0.15, 0.2) is 78.9 Å². The predicted molar refractivity (Wildman–Crippen MR) is 142 cm³/mol. The average Bonchev–Trinajstić information content (AvgIpc) is 2.94. The van der Waals surface area contributed by atoms with Gasteiger partial charge in [-0.25, -0.2) is 4.79 Å². The van der Waals surface area contributed by atoms with Gasteiger partial charge in [-0.1, -0.05) is 66.7 Å². The highest BCUT2D eigenvalue weighted by Gasteiger charge is 2.27. The molecule has 0 radical (unpaired) electrons. The number of rotatable bonds is 14. The maximum absolute atomic E-state index is 12.4. The van der Waals surface area contributed by atoms with Crippen LogP contribution in [0.5, 0.6) is 0 Å². The largest absolute Gasteiger partial charge is 0.465 e. The van der Waals surface area contributed by atoms with Crippen LogP contribution in [-0.4, -0.2) is 42.0 Å². The molecule has 0 bridgehead atoms. The smallest absolute Gasteiger partial charge is 0.337 e. The molecular formula is C31H36O6. The van der Waals surface area contributed by atoms with Crippen LogP contribution < -0.4 is 0 Å². The minimum atomic E-state index is -0.988. The van der Waals surface area contributed by atoms with E-state index >= 15 is 0 Å². The van der Waals surface area contributed by atoms with Crippen molar-refractivity contribution in [3.63, 3.8) is 0 Å². The number of esters is 2. The molecule has 0 saturated heterocycles. The molecule has 0 aliphatic carbocycles. The van der Waals surface area contributed by atoms with Crippen molar-refractivity contribution < 1.29 is 29.3 Å². The van der Waals surface area contributed by atoms with Gasteiger partial charge in [-0.2, -0.15) is 0 Å². The highest BCUT2D eigenvalue weighted by Crippen LogP contribution is 2.17. The molecule has 2 atom stereocenters. The van der Waals surface area contributed by atoms with Gasteiger partial charge in [0.15, 0.2) is 0 Å². The second-order valence-electron chi connectivity index (χ2n) is 9.21. The second kappa shape index (κ2) is 14.9. The molecule has 6 nitrogen and oxygen atoms in total. The third kappa shape index (κ3) is 9.16. The normalized spacial score (nSPS) is 12.5. The number of methoxy groups -OCH3 is 1. The Morgan fingerprint density at radius 1 is 0.784 bits per heavy atom. The number of carbonyl (C=O) groups is 2. The summed E-state index contributed by atoms with van der Waals surface area (Å²) in [6.45, 7) is -0.348. The van der Waals surface area contributed by atoms with Crippen molar-refractivity contribution in [1.29, 1.82) is 0 Å². The Hall–Kier alpha value is -3.48. The van der Waals surface area contributed by atoms with E-state index < -0.39 is 24.6 Å². The number of aliphatic hydroxyl groups is 2. The molecule has 0 saturated carbocycles. The van der Waals surface area contributed by atoms with Gasteiger partial charge >= 0.3 is 11.9 Å². The Morgan fingerprint density at radius 3 is 2.03 bits per heavy atom. The first-order valence-electron chi connectivity index (χ1n) is 12.7. The summed E-state index contributed by atoms with van der Waals surface area (Å²) in [5, 5.41) is 20.2. The maximum atomic E-state index is 12.4. The molecule has 3 aromatic carbocycles. The van der Waals surface area contributed by atoms with Crippen LogP contribution in [0, 0.1) is 5.92 Å². The number of aryl methyl sites for hydroxylation is 3. The molecule has 0 aromatic heterocycles. The van der Waals surface area contributed by atoms with E-state index in [1.807, 2.05) is 60.7 Å². The molecule has 196 valence electrons. The third-order valence-electron chi connectivity index (χ3n) is 6.44. The van der Waals surface area contributed by atoms with Crippen molar-refractivity contribution in [2.75, 3.05) is 13.7 Å². The first-order valence-corrected chi connectivity index (χ1v) is 12.7. The number of carbonyl (C=O) groups excluding carboxylic acids is 2. The molecule has 6 heteroatoms. The highest BCUT2D eigenvalue weighted by atomic mass is 16.5. The van der Waals surface area contributed by atoms with Gasteiger partial charge in [0, 0.05) is 0 Å². The summed E-state index contributed by atoms with van der Waals surface area (Å²) in [5.41, 5.74) is 4.84. The third-order valence-corrected chi connectivity index (χ3v) is 6.44. The number of unbranched alkanes of at least 4 members (excludes halogenated alkanes) is 1. The summed E-state index contributed by atoms with van der Waals surface area (Å²) in [6, 6.07) is 25.1. The van der Waals surface area contributed by atoms with Crippen molar-refractivity contribution in [1.82, 2.24) is 0 Å². The first kappa shape index (κ1) is 28.1. The lowest BCUT2D eigenvalue weighted by atomic mass is 9.95. The number of benzene rings is 3. The minimum absolute atomic E-state index is 0.113. The van der Waals surface area contributed by atoms with Gasteiger partial charge in [0.05, 0.1) is 25.4 Å². The van der Waals surface area contributed by atoms with Crippen molar-refractivity contribution in [3.8, 4) is 0 Å². The van der Waals surface area contributed by atoms with Gasteiger partial charge in [-0.3, -0.25) is 4.79 Å². The summed E-state index contributed by atoms with van der Waals surface area (Å²) >= 11 is 0. The molecule has 3 aromatic rings. The van der Waals surface area contributed by atoms with Gasteiger partial charge < -0.3 is 19.7 Å². The molecule has 2 N–H and O–H groups in total. The molecule has 0 aliphatic heterocycles. The number of hydrogen-bond donors (Lipinski definition) is 2. The molecule has 0 heterocycles. The second-order valence-corrected chi connectivity index (χ2v) is 9.21. The fourth-order valence-corrected chi connectivity index (χ4v) is 4.28. The standard InChI is InChI=1S/C31H36O6/c1-36-30(34)27-16-8-15-24(20-27)10-6-5-9-23-13-7-14-25(19-23)17-18-29(33)28(21-32)31(35)37-22-26-11-3-2-4-12-26/h2-4,7-8,11-16,19-20,28-29,32-33H,5-6,9-10,17-18,21-22H2,1H3/t28-,29-/m1/s1. The van der Waals surface area contributed by atoms with Gasteiger partial charge in [0.2, 0.25) is 0 Å². The summed E-state index contributed by atoms with van der Waals surface area (Å²) < 4.78 is 10.1. The molecular weight excluding hydrogens is 468 g/mol. The quantitative estimate of drug-likeness (QED) is 0.245. The Balaban J connectivity index is 1.43. The molecule has 0 spiro atoms. The Morgan fingerprint density at radius 2 is 1.38 bits per heavy atom. The molecule has 37 heavy (non-hydrogen) atoms. The van der Waals surface area contributed by atoms with Crippen LogP contribution in [0.25, 0.3) is 0 Å². The first-order chi connectivity index (χ1) is 18.0. The van der Waals surface area contributed by atoms with Crippen LogP contribution in [-0.2, 0) is 40.1 Å². The van der Waals surface area contributed by atoms with Crippen LogP contribution in [0.4, 0.5) is 0 Å². The van der Waals surface area contributed by atoms with Gasteiger partial charge in [-0.15, -0.1) is 0 Å². The van der Waals surface area contributed by atoms with E-state index in [0.717, 1.165) is 42.4 Å². The number of aliphatic hydroxyl groups excluding tert-OH is 2. The Labute approximate surface area is 218 Å². The highest BCUT2D eigenvalue weighted by molar-refractivity contribution is 5.89. The fourth-order valence-electron chi connectivity index (χ4n) is 4.28. The maximum Gasteiger partial charge on any atom is 0.337 e. The lowest BCUT2D eigenvalue weighted by Crippen LogP contribution is -2.33. The molecule has 0 unspecified atom stereocenters. The Bertz CT molecular complexity index is 1130. The summed E-state index contributed by atoms with van der Waals surface area (Å²) in [7, 11) is 1.38. The van der Waals surface area contributed by atoms with Crippen molar-refractivity contribution in [2.24, 2.45) is 5.92 Å². The van der Waals surface area contributed by atoms with E-state index in [4.69, 9.17) is 9.47 Å². The van der Waals surface area contributed by atoms with Gasteiger partial charge in [0.25, 0.3) is 0 Å². The zero-order chi connectivity index (χ0) is 26.5. The summed E-state index contributed by atoms with van der Waals surface area (Å²) in [6.07, 6.45) is 3.78. The zero-order valence-corrected chi connectivity index (χ0v) is 21.3. The SMILES string of the molecule is COC(=O)c1cccc(CCCCc2cccc(CC[C@@H](O)[C@@H](CO)C(=O)OCc3ccccc3)c2)c1. The number of ether oxygens (including phenoxy) is 2. The van der Waals surface area contributed by atoms with Crippen LogP contribution >= 0.6 is 0 Å². The lowest BCUT2D eigenvalue weighted by Gasteiger charge is -2.20. The van der Waals surface area contributed by atoms with Crippen molar-refractivity contribution in [3.05, 3.63) is 107 Å². The predicted octanol–water partition coefficient (Wildman–Crippen LogP) is 4.68. The van der Waals surface area contributed by atoms with E-state index in [2.05, 4.69) is 12.1 Å². The van der Waals surface area contributed by atoms with Gasteiger partial charge in [-0.05, 0) is 72.9 Å². The Kier molecular flexibility index (Phi) is 11.3. The topological polar surface area (TPSA) is 93.1 Å². The van der Waals surface area contributed by atoms with Crippen molar-refractivity contribution >= 4 is 11.9 Å². The molecule has 3 rings (SSSR count). The molecule has 0 amide bonds. The fraction of sp³-hybridized carbons (Fsp3) is 0.355. The molecule has 0 fully saturated rings. The van der Waals surface area contributed by atoms with E-state index in [1.54, 1.807) is 6.07 Å². The average molecular weight is 505 g/mol. The lowest BCUT2D eigenvalue weighted by molar-refractivity contribution is -0.156. The number of hydrogen-bond acceptors (Lipinski definition) is 6. The van der Waals surface area contributed by atoms with Crippen LogP contribution in [0.2, 0.25) is 0 Å². The zero-order valence-electron chi connectivity index (χ0n) is 21.3. The van der Waals surface area contributed by atoms with Crippen molar-refractivity contribution in [2.45, 2.75) is 51.2 Å². The van der Waals surface area contributed by atoms with E-state index in [1.165, 1.54) is 12.7 Å². The van der Waals surface area contributed by atoms with Crippen LogP contribution in [0.3, 0.4) is 0 Å². The van der Waals surface area contributed by atoms with Crippen LogP contribution in [0.1, 0.15) is 51.9 Å². The minimum Gasteiger partial charge on any atom is -0.465 e. The monoisotopic (exact) mass is 504 g/mol. The van der Waals surface area contributed by atoms with E-state index in [9.17, 15) is 19.8 Å². The molecule has 0 aliphatic rings. The summed E-state index contributed by atoms with van der Waals surface area (Å²) in [4.78, 5) is 24.1. The summed E-state index contributed by atoms with van der Waals surface area (Å²) in [5.74, 6) is -1.88. The van der Waals surface area contributed by atoms with E-state index in [0.29, 0.717) is 18.4 Å². The van der Waals surface area contributed by atoms with Gasteiger partial charge in [0.1, 0.15) is 12.5 Å². The van der Waals surface area contributed by atoms with E-state index in [-0.39, 0.29) is 12.6 Å².